The number of rotatable bonds is 9. The van der Waals surface area contributed by atoms with E-state index in [2.05, 4.69) is 0 Å². The summed E-state index contributed by atoms with van der Waals surface area (Å²) in [7, 11) is 0. The number of nitro benzene ring substituents is 1. The Morgan fingerprint density at radius 1 is 1.38 bits per heavy atom. The lowest BCUT2D eigenvalue weighted by Crippen LogP contribution is -2.08. The second-order valence-corrected chi connectivity index (χ2v) is 4.12. The Hall–Kier alpha value is -2.41. The molecule has 0 aromatic heterocycles. The molecule has 0 aliphatic rings. The van der Waals surface area contributed by atoms with Gasteiger partial charge in [-0.15, -0.1) is 0 Å². The van der Waals surface area contributed by atoms with Gasteiger partial charge in [-0.3, -0.25) is 10.1 Å². The standard InChI is InChI=1S/C14H17NO6/c1-2-7-20-8-9-21-13-10-11(4-6-14(16)17)3-5-12(13)15(18)19/h3-6,10H,2,7-9H2,1H3,(H,16,17)/b6-4+. The Bertz CT molecular complexity index is 526. The van der Waals surface area contributed by atoms with Crippen molar-refractivity contribution in [1.82, 2.24) is 0 Å². The van der Waals surface area contributed by atoms with E-state index >= 15 is 0 Å². The molecule has 0 saturated carbocycles. The van der Waals surface area contributed by atoms with Crippen molar-refractivity contribution >= 4 is 17.7 Å². The molecule has 7 heteroatoms. The monoisotopic (exact) mass is 295 g/mol. The van der Waals surface area contributed by atoms with Gasteiger partial charge >= 0.3 is 11.7 Å². The zero-order chi connectivity index (χ0) is 15.7. The first-order chi connectivity index (χ1) is 10.0. The van der Waals surface area contributed by atoms with E-state index in [-0.39, 0.29) is 18.0 Å². The van der Waals surface area contributed by atoms with Crippen LogP contribution in [0.2, 0.25) is 0 Å². The van der Waals surface area contributed by atoms with Gasteiger partial charge in [-0.25, -0.2) is 4.79 Å². The van der Waals surface area contributed by atoms with Crippen LogP contribution in [0.5, 0.6) is 5.75 Å². The normalized spacial score (nSPS) is 10.7. The third-order valence-corrected chi connectivity index (χ3v) is 2.43. The minimum absolute atomic E-state index is 0.0904. The minimum Gasteiger partial charge on any atom is -0.484 e. The molecule has 0 atom stereocenters. The van der Waals surface area contributed by atoms with Crippen LogP contribution in [0.3, 0.4) is 0 Å². The maximum atomic E-state index is 10.9. The van der Waals surface area contributed by atoms with Crippen molar-refractivity contribution in [2.75, 3.05) is 19.8 Å². The first kappa shape index (κ1) is 16.6. The van der Waals surface area contributed by atoms with E-state index in [1.165, 1.54) is 24.3 Å². The molecule has 0 bridgehead atoms. The summed E-state index contributed by atoms with van der Waals surface area (Å²) in [5.41, 5.74) is 0.338. The molecule has 1 N–H and O–H groups in total. The van der Waals surface area contributed by atoms with Gasteiger partial charge in [0.1, 0.15) is 6.61 Å². The SMILES string of the molecule is CCCOCCOc1cc(/C=C/C(=O)O)ccc1[N+](=O)[O-]. The fraction of sp³-hybridized carbons (Fsp3) is 0.357. The molecule has 0 spiro atoms. The summed E-state index contributed by atoms with van der Waals surface area (Å²) in [5.74, 6) is -1.00. The van der Waals surface area contributed by atoms with Gasteiger partial charge in [0.25, 0.3) is 0 Å². The second kappa shape index (κ2) is 8.70. The molecular weight excluding hydrogens is 278 g/mol. The summed E-state index contributed by atoms with van der Waals surface area (Å²) in [6.07, 6.45) is 3.18. The molecule has 21 heavy (non-hydrogen) atoms. The van der Waals surface area contributed by atoms with Crippen molar-refractivity contribution < 1.29 is 24.3 Å². The van der Waals surface area contributed by atoms with Crippen LogP contribution in [-0.2, 0) is 9.53 Å². The van der Waals surface area contributed by atoms with Crippen LogP contribution in [0, 0.1) is 10.1 Å². The lowest BCUT2D eigenvalue weighted by atomic mass is 10.2. The van der Waals surface area contributed by atoms with Crippen LogP contribution in [-0.4, -0.2) is 35.8 Å². The molecule has 0 unspecified atom stereocenters. The predicted octanol–water partition coefficient (Wildman–Crippen LogP) is 2.50. The van der Waals surface area contributed by atoms with Crippen molar-refractivity contribution in [3.63, 3.8) is 0 Å². The molecular formula is C14H17NO6. The maximum absolute atomic E-state index is 10.9. The third kappa shape index (κ3) is 6.05. The zero-order valence-corrected chi connectivity index (χ0v) is 11.7. The van der Waals surface area contributed by atoms with Crippen LogP contribution >= 0.6 is 0 Å². The summed E-state index contributed by atoms with van der Waals surface area (Å²) in [5, 5.41) is 19.5. The molecule has 0 aliphatic carbocycles. The van der Waals surface area contributed by atoms with Crippen molar-refractivity contribution in [2.45, 2.75) is 13.3 Å². The highest BCUT2D eigenvalue weighted by Crippen LogP contribution is 2.28. The number of carboxylic acid groups (broad SMARTS) is 1. The summed E-state index contributed by atoms with van der Waals surface area (Å²) >= 11 is 0. The largest absolute Gasteiger partial charge is 0.484 e. The van der Waals surface area contributed by atoms with E-state index in [1.807, 2.05) is 6.92 Å². The molecule has 1 aromatic carbocycles. The Kier molecular flexibility index (Phi) is 6.90. The lowest BCUT2D eigenvalue weighted by Gasteiger charge is -2.08. The molecule has 1 aromatic rings. The first-order valence-electron chi connectivity index (χ1n) is 6.44. The smallest absolute Gasteiger partial charge is 0.328 e. The Morgan fingerprint density at radius 2 is 2.14 bits per heavy atom. The first-order valence-corrected chi connectivity index (χ1v) is 6.44. The number of nitro groups is 1. The molecule has 0 heterocycles. The molecule has 0 saturated heterocycles. The van der Waals surface area contributed by atoms with E-state index in [1.54, 1.807) is 0 Å². The number of aliphatic carboxylic acids is 1. The fourth-order valence-electron chi connectivity index (χ4n) is 1.53. The van der Waals surface area contributed by atoms with Gasteiger partial charge in [-0.1, -0.05) is 6.92 Å². The topological polar surface area (TPSA) is 98.9 Å². The number of hydrogen-bond donors (Lipinski definition) is 1. The van der Waals surface area contributed by atoms with E-state index in [0.29, 0.717) is 18.8 Å². The van der Waals surface area contributed by atoms with E-state index in [9.17, 15) is 14.9 Å². The van der Waals surface area contributed by atoms with E-state index < -0.39 is 10.9 Å². The zero-order valence-electron chi connectivity index (χ0n) is 11.7. The van der Waals surface area contributed by atoms with Crippen LogP contribution < -0.4 is 4.74 Å². The molecule has 0 radical (unpaired) electrons. The Balaban J connectivity index is 2.78. The van der Waals surface area contributed by atoms with Gasteiger partial charge < -0.3 is 14.6 Å². The number of nitrogens with zero attached hydrogens (tertiary/aromatic N) is 1. The van der Waals surface area contributed by atoms with Gasteiger partial charge in [0.15, 0.2) is 5.75 Å². The lowest BCUT2D eigenvalue weighted by molar-refractivity contribution is -0.385. The van der Waals surface area contributed by atoms with E-state index in [4.69, 9.17) is 14.6 Å². The number of hydrogen-bond acceptors (Lipinski definition) is 5. The fourth-order valence-corrected chi connectivity index (χ4v) is 1.53. The highest BCUT2D eigenvalue weighted by molar-refractivity contribution is 5.85. The Labute approximate surface area is 121 Å². The quantitative estimate of drug-likeness (QED) is 0.325. The minimum atomic E-state index is -1.09. The highest BCUT2D eigenvalue weighted by atomic mass is 16.6. The summed E-state index contributed by atoms with van der Waals surface area (Å²) in [6.45, 7) is 3.10. The highest BCUT2D eigenvalue weighted by Gasteiger charge is 2.15. The number of benzene rings is 1. The number of ether oxygens (including phenoxy) is 2. The summed E-state index contributed by atoms with van der Waals surface area (Å²) in [6, 6.07) is 4.17. The van der Waals surface area contributed by atoms with Gasteiger partial charge in [-0.05, 0) is 30.2 Å². The van der Waals surface area contributed by atoms with Crippen molar-refractivity contribution in [2.24, 2.45) is 0 Å². The van der Waals surface area contributed by atoms with Gasteiger partial charge in [-0.2, -0.15) is 0 Å². The van der Waals surface area contributed by atoms with E-state index in [0.717, 1.165) is 12.5 Å². The third-order valence-electron chi connectivity index (χ3n) is 2.43. The molecule has 0 aliphatic heterocycles. The van der Waals surface area contributed by atoms with Crippen LogP contribution in [0.4, 0.5) is 5.69 Å². The second-order valence-electron chi connectivity index (χ2n) is 4.12. The van der Waals surface area contributed by atoms with Crippen LogP contribution in [0.1, 0.15) is 18.9 Å². The molecule has 1 rings (SSSR count). The number of carbonyl (C=O) groups is 1. The Morgan fingerprint density at radius 3 is 2.76 bits per heavy atom. The van der Waals surface area contributed by atoms with Gasteiger partial charge in [0.2, 0.25) is 0 Å². The van der Waals surface area contributed by atoms with Gasteiger partial charge in [0.05, 0.1) is 11.5 Å². The molecule has 0 amide bonds. The predicted molar refractivity (Wildman–Crippen MR) is 76.4 cm³/mol. The molecule has 0 fully saturated rings. The number of carboxylic acids is 1. The van der Waals surface area contributed by atoms with Crippen LogP contribution in [0.25, 0.3) is 6.08 Å². The maximum Gasteiger partial charge on any atom is 0.328 e. The van der Waals surface area contributed by atoms with Crippen LogP contribution in [0.15, 0.2) is 24.3 Å². The molecule has 114 valence electrons. The van der Waals surface area contributed by atoms with Crippen molar-refractivity contribution in [3.05, 3.63) is 40.0 Å². The summed E-state index contributed by atoms with van der Waals surface area (Å²) in [4.78, 5) is 20.8. The average Bonchev–Trinajstić information content (AvgIpc) is 2.44. The van der Waals surface area contributed by atoms with Crippen molar-refractivity contribution in [1.29, 1.82) is 0 Å². The average molecular weight is 295 g/mol. The summed E-state index contributed by atoms with van der Waals surface area (Å²) < 4.78 is 10.6. The van der Waals surface area contributed by atoms with Gasteiger partial charge in [0, 0.05) is 18.7 Å². The molecule has 7 nitrogen and oxygen atoms in total. The van der Waals surface area contributed by atoms with Crippen molar-refractivity contribution in [3.8, 4) is 5.75 Å².